The molecule has 1 saturated heterocycles. The Morgan fingerprint density at radius 3 is 2.32 bits per heavy atom. The summed E-state index contributed by atoms with van der Waals surface area (Å²) in [5, 5.41) is 0. The van der Waals surface area contributed by atoms with Crippen LogP contribution in [0.4, 0.5) is 0 Å². The fourth-order valence-corrected chi connectivity index (χ4v) is 4.39. The molecule has 106 valence electrons. The van der Waals surface area contributed by atoms with Gasteiger partial charge in [-0.15, -0.1) is 0 Å². The molecule has 4 nitrogen and oxygen atoms in total. The molecule has 1 aromatic carbocycles. The van der Waals surface area contributed by atoms with Crippen LogP contribution in [0.15, 0.2) is 23.1 Å². The van der Waals surface area contributed by atoms with Gasteiger partial charge in [-0.05, 0) is 36.0 Å². The van der Waals surface area contributed by atoms with E-state index in [0.29, 0.717) is 36.4 Å². The summed E-state index contributed by atoms with van der Waals surface area (Å²) in [5.74, 6) is 0.830. The fraction of sp³-hybridized carbons (Fsp3) is 0.571. The zero-order valence-corrected chi connectivity index (χ0v) is 12.6. The lowest BCUT2D eigenvalue weighted by molar-refractivity contribution is 0.463. The van der Waals surface area contributed by atoms with Crippen molar-refractivity contribution in [3.63, 3.8) is 0 Å². The van der Waals surface area contributed by atoms with Crippen molar-refractivity contribution in [2.45, 2.75) is 32.2 Å². The Kier molecular flexibility index (Phi) is 3.99. The van der Waals surface area contributed by atoms with Crippen LogP contribution in [0.25, 0.3) is 0 Å². The lowest BCUT2D eigenvalue weighted by Crippen LogP contribution is -2.29. The molecule has 0 spiro atoms. The van der Waals surface area contributed by atoms with Gasteiger partial charge in [-0.25, -0.2) is 8.42 Å². The predicted octanol–water partition coefficient (Wildman–Crippen LogP) is 1.73. The van der Waals surface area contributed by atoms with E-state index in [4.69, 9.17) is 5.73 Å². The maximum Gasteiger partial charge on any atom is 0.243 e. The van der Waals surface area contributed by atoms with Crippen LogP contribution in [0.5, 0.6) is 0 Å². The first-order valence-corrected chi connectivity index (χ1v) is 8.10. The van der Waals surface area contributed by atoms with Gasteiger partial charge in [-0.2, -0.15) is 4.31 Å². The second kappa shape index (κ2) is 5.23. The van der Waals surface area contributed by atoms with Crippen molar-refractivity contribution in [3.8, 4) is 0 Å². The van der Waals surface area contributed by atoms with E-state index in [2.05, 4.69) is 13.8 Å². The average molecular weight is 282 g/mol. The summed E-state index contributed by atoms with van der Waals surface area (Å²) in [6, 6.07) is 5.33. The van der Waals surface area contributed by atoms with E-state index in [1.807, 2.05) is 13.0 Å². The van der Waals surface area contributed by atoms with E-state index in [9.17, 15) is 8.42 Å². The lowest BCUT2D eigenvalue weighted by atomic mass is 10.0. The normalized spacial score (nSPS) is 24.8. The van der Waals surface area contributed by atoms with Crippen molar-refractivity contribution < 1.29 is 8.42 Å². The summed E-state index contributed by atoms with van der Waals surface area (Å²) in [6.07, 6.45) is 0. The number of nitrogens with two attached hydrogens (primary N) is 1. The third-order valence-electron chi connectivity index (χ3n) is 4.05. The molecule has 2 atom stereocenters. The summed E-state index contributed by atoms with van der Waals surface area (Å²) in [6.45, 7) is 7.69. The second-order valence-corrected chi connectivity index (χ2v) is 7.49. The highest BCUT2D eigenvalue weighted by Gasteiger charge is 2.35. The standard InChI is InChI=1S/C14H22N2O2S/c1-10-6-13(7-15)4-5-14(10)19(17,18)16-8-11(2)12(3)9-16/h4-6,11-12H,7-9,15H2,1-3H3. The molecule has 1 heterocycles. The summed E-state index contributed by atoms with van der Waals surface area (Å²) < 4.78 is 26.9. The smallest absolute Gasteiger partial charge is 0.243 e. The summed E-state index contributed by atoms with van der Waals surface area (Å²) in [5.41, 5.74) is 7.31. The van der Waals surface area contributed by atoms with Gasteiger partial charge in [0.25, 0.3) is 0 Å². The van der Waals surface area contributed by atoms with E-state index in [1.54, 1.807) is 16.4 Å². The maximum absolute atomic E-state index is 12.6. The third kappa shape index (κ3) is 2.68. The Labute approximate surface area is 115 Å². The lowest BCUT2D eigenvalue weighted by Gasteiger charge is -2.18. The molecule has 2 N–H and O–H groups in total. The summed E-state index contributed by atoms with van der Waals surface area (Å²) in [4.78, 5) is 0.408. The molecule has 2 rings (SSSR count). The van der Waals surface area contributed by atoms with E-state index in [0.717, 1.165) is 11.1 Å². The molecule has 1 aliphatic heterocycles. The number of hydrogen-bond acceptors (Lipinski definition) is 3. The molecule has 1 fully saturated rings. The Morgan fingerprint density at radius 1 is 1.26 bits per heavy atom. The van der Waals surface area contributed by atoms with Gasteiger partial charge in [-0.1, -0.05) is 26.0 Å². The van der Waals surface area contributed by atoms with Crippen LogP contribution in [0, 0.1) is 18.8 Å². The van der Waals surface area contributed by atoms with Crippen molar-refractivity contribution in [2.24, 2.45) is 17.6 Å². The molecule has 0 aliphatic carbocycles. The van der Waals surface area contributed by atoms with E-state index in [-0.39, 0.29) is 0 Å². The van der Waals surface area contributed by atoms with E-state index in [1.165, 1.54) is 0 Å². The Hall–Kier alpha value is -0.910. The Bertz CT molecular complexity index is 559. The van der Waals surface area contributed by atoms with Crippen LogP contribution in [0.2, 0.25) is 0 Å². The first-order valence-electron chi connectivity index (χ1n) is 6.66. The molecule has 19 heavy (non-hydrogen) atoms. The molecule has 2 unspecified atom stereocenters. The zero-order valence-electron chi connectivity index (χ0n) is 11.8. The first kappa shape index (κ1) is 14.5. The van der Waals surface area contributed by atoms with Crippen molar-refractivity contribution in [2.75, 3.05) is 13.1 Å². The number of sulfonamides is 1. The molecule has 5 heteroatoms. The van der Waals surface area contributed by atoms with Gasteiger partial charge in [0, 0.05) is 19.6 Å². The highest BCUT2D eigenvalue weighted by Crippen LogP contribution is 2.29. The number of nitrogens with zero attached hydrogens (tertiary/aromatic N) is 1. The molecule has 0 amide bonds. The monoisotopic (exact) mass is 282 g/mol. The molecule has 0 bridgehead atoms. The fourth-order valence-electron chi connectivity index (χ4n) is 2.54. The van der Waals surface area contributed by atoms with Gasteiger partial charge >= 0.3 is 0 Å². The van der Waals surface area contributed by atoms with Gasteiger partial charge in [0.1, 0.15) is 0 Å². The highest BCUT2D eigenvalue weighted by molar-refractivity contribution is 7.89. The molecule has 1 aromatic rings. The molecule has 0 aromatic heterocycles. The van der Waals surface area contributed by atoms with Gasteiger partial charge in [0.05, 0.1) is 4.90 Å². The quantitative estimate of drug-likeness (QED) is 0.918. The van der Waals surface area contributed by atoms with Crippen LogP contribution in [-0.4, -0.2) is 25.8 Å². The van der Waals surface area contributed by atoms with Gasteiger partial charge in [-0.3, -0.25) is 0 Å². The highest BCUT2D eigenvalue weighted by atomic mass is 32.2. The zero-order chi connectivity index (χ0) is 14.2. The number of aryl methyl sites for hydroxylation is 1. The minimum atomic E-state index is -3.37. The van der Waals surface area contributed by atoms with Gasteiger partial charge < -0.3 is 5.73 Å². The van der Waals surface area contributed by atoms with Crippen LogP contribution < -0.4 is 5.73 Å². The maximum atomic E-state index is 12.6. The van der Waals surface area contributed by atoms with Gasteiger partial charge in [0.15, 0.2) is 0 Å². The van der Waals surface area contributed by atoms with Crippen molar-refractivity contribution in [1.82, 2.24) is 4.31 Å². The Balaban J connectivity index is 2.35. The van der Waals surface area contributed by atoms with E-state index < -0.39 is 10.0 Å². The minimum absolute atomic E-state index is 0.408. The van der Waals surface area contributed by atoms with Gasteiger partial charge in [0.2, 0.25) is 10.0 Å². The molecule has 0 saturated carbocycles. The SMILES string of the molecule is Cc1cc(CN)ccc1S(=O)(=O)N1CC(C)C(C)C1. The molecule has 1 aliphatic rings. The first-order chi connectivity index (χ1) is 8.86. The number of benzene rings is 1. The largest absolute Gasteiger partial charge is 0.326 e. The summed E-state index contributed by atoms with van der Waals surface area (Å²) in [7, 11) is -3.37. The van der Waals surface area contributed by atoms with Crippen molar-refractivity contribution in [3.05, 3.63) is 29.3 Å². The predicted molar refractivity (Wildman–Crippen MR) is 76.2 cm³/mol. The van der Waals surface area contributed by atoms with Crippen molar-refractivity contribution >= 4 is 10.0 Å². The second-order valence-electron chi connectivity index (χ2n) is 5.58. The van der Waals surface area contributed by atoms with E-state index >= 15 is 0 Å². The van der Waals surface area contributed by atoms with Crippen LogP contribution in [0.1, 0.15) is 25.0 Å². The number of hydrogen-bond donors (Lipinski definition) is 1. The molecular formula is C14H22N2O2S. The minimum Gasteiger partial charge on any atom is -0.326 e. The molecular weight excluding hydrogens is 260 g/mol. The Morgan fingerprint density at radius 2 is 1.84 bits per heavy atom. The number of rotatable bonds is 3. The third-order valence-corrected chi connectivity index (χ3v) is 6.04. The van der Waals surface area contributed by atoms with Crippen LogP contribution >= 0.6 is 0 Å². The van der Waals surface area contributed by atoms with Crippen LogP contribution in [-0.2, 0) is 16.6 Å². The summed E-state index contributed by atoms with van der Waals surface area (Å²) >= 11 is 0. The average Bonchev–Trinajstić information content (AvgIpc) is 2.70. The topological polar surface area (TPSA) is 63.4 Å². The van der Waals surface area contributed by atoms with Crippen LogP contribution in [0.3, 0.4) is 0 Å². The molecule has 0 radical (unpaired) electrons. The van der Waals surface area contributed by atoms with Crippen molar-refractivity contribution in [1.29, 1.82) is 0 Å².